The Morgan fingerprint density at radius 3 is 2.50 bits per heavy atom. The molecular weight excluding hydrogens is 205 g/mol. The first-order valence-electron chi connectivity index (χ1n) is 5.00. The molecule has 2 nitrogen and oxygen atoms in total. The molecule has 0 aliphatic heterocycles. The molecule has 1 aromatic carbocycles. The molecule has 0 unspecified atom stereocenters. The molecule has 3 heteroatoms. The molecule has 1 N–H and O–H groups in total. The average molecular weight is 217 g/mol. The van der Waals surface area contributed by atoms with Gasteiger partial charge in [0.15, 0.2) is 0 Å². The Hall–Kier alpha value is -1.90. The Morgan fingerprint density at radius 1 is 1.12 bits per heavy atom. The first-order valence-corrected chi connectivity index (χ1v) is 5.00. The quantitative estimate of drug-likeness (QED) is 0.795. The van der Waals surface area contributed by atoms with Crippen molar-refractivity contribution >= 4 is 0 Å². The number of pyridine rings is 1. The predicted molar refractivity (Wildman–Crippen MR) is 60.8 cm³/mol. The van der Waals surface area contributed by atoms with Gasteiger partial charge in [-0.2, -0.15) is 0 Å². The van der Waals surface area contributed by atoms with E-state index in [2.05, 4.69) is 4.98 Å². The standard InChI is InChI=1S/C13H12FNO/c1-8-6-13(16)9(2)5-11(8)12-4-3-10(14)7-15-12/h3-7,16H,1-2H3. The van der Waals surface area contributed by atoms with Gasteiger partial charge in [0.05, 0.1) is 11.9 Å². The molecule has 0 aliphatic rings. The van der Waals surface area contributed by atoms with Crippen LogP contribution in [0.3, 0.4) is 0 Å². The number of aromatic hydroxyl groups is 1. The second-order valence-electron chi connectivity index (χ2n) is 3.82. The third-order valence-electron chi connectivity index (χ3n) is 2.55. The van der Waals surface area contributed by atoms with Gasteiger partial charge in [0.25, 0.3) is 0 Å². The molecule has 0 amide bonds. The van der Waals surface area contributed by atoms with Gasteiger partial charge in [-0.3, -0.25) is 4.98 Å². The topological polar surface area (TPSA) is 33.1 Å². The summed E-state index contributed by atoms with van der Waals surface area (Å²) in [5, 5.41) is 9.54. The fourth-order valence-electron chi connectivity index (χ4n) is 1.61. The Bertz CT molecular complexity index is 520. The molecule has 0 radical (unpaired) electrons. The van der Waals surface area contributed by atoms with Gasteiger partial charge in [-0.15, -0.1) is 0 Å². The number of nitrogens with zero attached hydrogens (tertiary/aromatic N) is 1. The number of benzene rings is 1. The van der Waals surface area contributed by atoms with Crippen molar-refractivity contribution in [3.05, 3.63) is 47.4 Å². The van der Waals surface area contributed by atoms with E-state index in [-0.39, 0.29) is 11.6 Å². The smallest absolute Gasteiger partial charge is 0.141 e. The fourth-order valence-corrected chi connectivity index (χ4v) is 1.61. The number of hydrogen-bond donors (Lipinski definition) is 1. The summed E-state index contributed by atoms with van der Waals surface area (Å²) < 4.78 is 12.7. The van der Waals surface area contributed by atoms with Crippen LogP contribution in [-0.2, 0) is 0 Å². The zero-order valence-corrected chi connectivity index (χ0v) is 9.16. The molecule has 1 heterocycles. The van der Waals surface area contributed by atoms with E-state index in [0.29, 0.717) is 5.69 Å². The number of rotatable bonds is 1. The van der Waals surface area contributed by atoms with Gasteiger partial charge in [-0.25, -0.2) is 4.39 Å². The van der Waals surface area contributed by atoms with Gasteiger partial charge >= 0.3 is 0 Å². The molecular formula is C13H12FNO. The third kappa shape index (κ3) is 1.89. The highest BCUT2D eigenvalue weighted by Gasteiger charge is 2.06. The maximum absolute atomic E-state index is 12.7. The van der Waals surface area contributed by atoms with Crippen LogP contribution in [0.15, 0.2) is 30.5 Å². The number of aryl methyl sites for hydroxylation is 2. The molecule has 0 aliphatic carbocycles. The number of phenolic OH excluding ortho intramolecular Hbond substituents is 1. The van der Waals surface area contributed by atoms with Crippen LogP contribution < -0.4 is 0 Å². The lowest BCUT2D eigenvalue weighted by Crippen LogP contribution is -1.89. The zero-order chi connectivity index (χ0) is 11.7. The average Bonchev–Trinajstić information content (AvgIpc) is 2.25. The monoisotopic (exact) mass is 217 g/mol. The molecule has 0 bridgehead atoms. The predicted octanol–water partition coefficient (Wildman–Crippen LogP) is 3.21. The van der Waals surface area contributed by atoms with Crippen molar-refractivity contribution < 1.29 is 9.50 Å². The van der Waals surface area contributed by atoms with Crippen LogP contribution in [0, 0.1) is 19.7 Å². The van der Waals surface area contributed by atoms with Crippen LogP contribution in [0.2, 0.25) is 0 Å². The Morgan fingerprint density at radius 2 is 1.88 bits per heavy atom. The maximum atomic E-state index is 12.7. The highest BCUT2D eigenvalue weighted by Crippen LogP contribution is 2.28. The van der Waals surface area contributed by atoms with E-state index in [0.717, 1.165) is 16.7 Å². The van der Waals surface area contributed by atoms with Gasteiger partial charge in [0, 0.05) is 5.56 Å². The highest BCUT2D eigenvalue weighted by atomic mass is 19.1. The normalized spacial score (nSPS) is 10.4. The van der Waals surface area contributed by atoms with Gasteiger partial charge < -0.3 is 5.11 Å². The van der Waals surface area contributed by atoms with E-state index in [4.69, 9.17) is 0 Å². The van der Waals surface area contributed by atoms with E-state index in [1.165, 1.54) is 12.3 Å². The minimum absolute atomic E-state index is 0.267. The molecule has 16 heavy (non-hydrogen) atoms. The van der Waals surface area contributed by atoms with Gasteiger partial charge in [-0.05, 0) is 49.2 Å². The van der Waals surface area contributed by atoms with Crippen LogP contribution in [0.25, 0.3) is 11.3 Å². The number of aromatic nitrogens is 1. The van der Waals surface area contributed by atoms with E-state index < -0.39 is 0 Å². The highest BCUT2D eigenvalue weighted by molar-refractivity contribution is 5.66. The Kier molecular flexibility index (Phi) is 2.60. The summed E-state index contributed by atoms with van der Waals surface area (Å²) in [5.74, 6) is -0.0831. The molecule has 1 aromatic heterocycles. The van der Waals surface area contributed by atoms with Crippen LogP contribution in [-0.4, -0.2) is 10.1 Å². The molecule has 0 atom stereocenters. The van der Waals surface area contributed by atoms with Gasteiger partial charge in [0.1, 0.15) is 11.6 Å². The van der Waals surface area contributed by atoms with Crippen LogP contribution >= 0.6 is 0 Å². The largest absolute Gasteiger partial charge is 0.508 e. The van der Waals surface area contributed by atoms with Gasteiger partial charge in [-0.1, -0.05) is 0 Å². The summed E-state index contributed by atoms with van der Waals surface area (Å²) in [6, 6.07) is 6.55. The summed E-state index contributed by atoms with van der Waals surface area (Å²) in [5.41, 5.74) is 3.33. The second-order valence-corrected chi connectivity index (χ2v) is 3.82. The van der Waals surface area contributed by atoms with E-state index in [1.807, 2.05) is 19.9 Å². The van der Waals surface area contributed by atoms with Gasteiger partial charge in [0.2, 0.25) is 0 Å². The number of halogens is 1. The summed E-state index contributed by atoms with van der Waals surface area (Å²) in [4.78, 5) is 4.02. The SMILES string of the molecule is Cc1cc(-c2ccc(F)cn2)c(C)cc1O. The van der Waals surface area contributed by atoms with E-state index in [1.54, 1.807) is 12.1 Å². The van der Waals surface area contributed by atoms with Crippen molar-refractivity contribution in [1.29, 1.82) is 0 Å². The molecule has 0 fully saturated rings. The molecule has 0 spiro atoms. The lowest BCUT2D eigenvalue weighted by Gasteiger charge is -2.08. The molecule has 82 valence electrons. The number of phenols is 1. The summed E-state index contributed by atoms with van der Waals surface area (Å²) in [6.45, 7) is 3.71. The number of hydrogen-bond acceptors (Lipinski definition) is 2. The van der Waals surface area contributed by atoms with Crippen LogP contribution in [0.4, 0.5) is 4.39 Å². The van der Waals surface area contributed by atoms with Crippen molar-refractivity contribution in [2.75, 3.05) is 0 Å². The molecule has 2 aromatic rings. The lowest BCUT2D eigenvalue weighted by molar-refractivity contribution is 0.471. The first kappa shape index (κ1) is 10.6. The minimum Gasteiger partial charge on any atom is -0.508 e. The van der Waals surface area contributed by atoms with Crippen molar-refractivity contribution in [2.24, 2.45) is 0 Å². The molecule has 0 saturated carbocycles. The minimum atomic E-state index is -0.350. The van der Waals surface area contributed by atoms with E-state index >= 15 is 0 Å². The van der Waals surface area contributed by atoms with Crippen molar-refractivity contribution in [3.63, 3.8) is 0 Å². The lowest BCUT2D eigenvalue weighted by atomic mass is 10.0. The van der Waals surface area contributed by atoms with Crippen molar-refractivity contribution in [1.82, 2.24) is 4.98 Å². The van der Waals surface area contributed by atoms with Crippen LogP contribution in [0.1, 0.15) is 11.1 Å². The zero-order valence-electron chi connectivity index (χ0n) is 9.16. The van der Waals surface area contributed by atoms with Crippen molar-refractivity contribution in [3.8, 4) is 17.0 Å². The molecule has 2 rings (SSSR count). The van der Waals surface area contributed by atoms with Crippen LogP contribution in [0.5, 0.6) is 5.75 Å². The maximum Gasteiger partial charge on any atom is 0.141 e. The van der Waals surface area contributed by atoms with Crippen molar-refractivity contribution in [2.45, 2.75) is 13.8 Å². The summed E-state index contributed by atoms with van der Waals surface area (Å²) in [6.07, 6.45) is 1.19. The Balaban J connectivity index is 2.56. The second kappa shape index (κ2) is 3.93. The summed E-state index contributed by atoms with van der Waals surface area (Å²) >= 11 is 0. The Labute approximate surface area is 93.4 Å². The summed E-state index contributed by atoms with van der Waals surface area (Å²) in [7, 11) is 0. The third-order valence-corrected chi connectivity index (χ3v) is 2.55. The first-order chi connectivity index (χ1) is 7.58. The fraction of sp³-hybridized carbons (Fsp3) is 0.154. The van der Waals surface area contributed by atoms with E-state index in [9.17, 15) is 9.50 Å². The molecule has 0 saturated heterocycles.